The van der Waals surface area contributed by atoms with Gasteiger partial charge in [0.2, 0.25) is 0 Å². The molecule has 0 bridgehead atoms. The van der Waals surface area contributed by atoms with Crippen LogP contribution in [0.5, 0.6) is 0 Å². The first kappa shape index (κ1) is 6.73. The molecule has 0 aliphatic heterocycles. The van der Waals surface area contributed by atoms with Gasteiger partial charge >= 0.3 is 0 Å². The van der Waals surface area contributed by atoms with E-state index < -0.39 is 0 Å². The van der Waals surface area contributed by atoms with Gasteiger partial charge in [0.1, 0.15) is 11.8 Å². The molecule has 0 radical (unpaired) electrons. The number of aromatic amines is 1. The zero-order valence-electron chi connectivity index (χ0n) is 6.15. The Hall–Kier alpha value is -1.96. The molecule has 0 atom stereocenters. The number of H-pyrrole nitrogens is 1. The highest BCUT2D eigenvalue weighted by Crippen LogP contribution is 2.08. The maximum atomic E-state index is 8.47. The zero-order valence-corrected chi connectivity index (χ0v) is 6.15. The van der Waals surface area contributed by atoms with Gasteiger partial charge in [-0.2, -0.15) is 5.26 Å². The van der Waals surface area contributed by atoms with E-state index in [1.165, 1.54) is 6.33 Å². The van der Waals surface area contributed by atoms with E-state index in [4.69, 9.17) is 5.26 Å². The Balaban J connectivity index is 2.67. The molecule has 0 saturated carbocycles. The second-order valence-corrected chi connectivity index (χ2v) is 2.26. The Bertz CT molecular complexity index is 438. The summed E-state index contributed by atoms with van der Waals surface area (Å²) in [5.41, 5.74) is 2.05. The zero-order chi connectivity index (χ0) is 8.39. The highest BCUT2D eigenvalue weighted by atomic mass is 15.0. The van der Waals surface area contributed by atoms with Crippen LogP contribution in [0.1, 0.15) is 5.69 Å². The minimum absolute atomic E-state index is 0.279. The Morgan fingerprint density at radius 1 is 1.42 bits per heavy atom. The van der Waals surface area contributed by atoms with Gasteiger partial charge in [-0.15, -0.1) is 0 Å². The molecular formula is C7H5N5. The average Bonchev–Trinajstić information content (AvgIpc) is 2.53. The van der Waals surface area contributed by atoms with Gasteiger partial charge in [0.15, 0.2) is 5.65 Å². The molecule has 0 saturated heterocycles. The quantitative estimate of drug-likeness (QED) is 0.654. The van der Waals surface area contributed by atoms with E-state index in [9.17, 15) is 0 Å². The fourth-order valence-electron chi connectivity index (χ4n) is 1.02. The highest BCUT2D eigenvalue weighted by Gasteiger charge is 2.03. The van der Waals surface area contributed by atoms with E-state index >= 15 is 0 Å². The van der Waals surface area contributed by atoms with E-state index in [0.717, 1.165) is 5.52 Å². The second-order valence-electron chi connectivity index (χ2n) is 2.26. The standard InChI is InChI=1S/C7H5N5/c8-2-1-5-6-7(11-3-9-5)12-4-10-6/h3-4H,1H2,(H,9,10,11,12). The summed E-state index contributed by atoms with van der Waals surface area (Å²) >= 11 is 0. The topological polar surface area (TPSA) is 78.2 Å². The molecule has 1 N–H and O–H groups in total. The van der Waals surface area contributed by atoms with Crippen molar-refractivity contribution in [2.45, 2.75) is 6.42 Å². The summed E-state index contributed by atoms with van der Waals surface area (Å²) in [6, 6.07) is 2.03. The summed E-state index contributed by atoms with van der Waals surface area (Å²) in [7, 11) is 0. The SMILES string of the molecule is N#CCc1ncnc2nc[nH]c12. The number of aromatic nitrogens is 4. The predicted octanol–water partition coefficient (Wildman–Crippen LogP) is 0.419. The summed E-state index contributed by atoms with van der Waals surface area (Å²) in [4.78, 5) is 14.7. The van der Waals surface area contributed by atoms with Gasteiger partial charge in [-0.05, 0) is 0 Å². The van der Waals surface area contributed by atoms with Crippen molar-refractivity contribution in [2.75, 3.05) is 0 Å². The van der Waals surface area contributed by atoms with Crippen molar-refractivity contribution in [3.63, 3.8) is 0 Å². The number of hydrogen-bond donors (Lipinski definition) is 1. The first-order valence-electron chi connectivity index (χ1n) is 3.41. The van der Waals surface area contributed by atoms with Gasteiger partial charge in [0.25, 0.3) is 0 Å². The molecule has 2 aromatic rings. The van der Waals surface area contributed by atoms with Crippen LogP contribution in [0.4, 0.5) is 0 Å². The summed E-state index contributed by atoms with van der Waals surface area (Å²) in [6.45, 7) is 0. The van der Waals surface area contributed by atoms with E-state index in [-0.39, 0.29) is 6.42 Å². The number of imidazole rings is 1. The Labute approximate surface area is 68.1 Å². The van der Waals surface area contributed by atoms with Crippen molar-refractivity contribution in [1.29, 1.82) is 5.26 Å². The fourth-order valence-corrected chi connectivity index (χ4v) is 1.02. The molecule has 0 aliphatic rings. The molecule has 0 aliphatic carbocycles. The molecule has 0 amide bonds. The van der Waals surface area contributed by atoms with Crippen LogP contribution in [-0.2, 0) is 6.42 Å². The van der Waals surface area contributed by atoms with Crippen molar-refractivity contribution in [3.8, 4) is 6.07 Å². The van der Waals surface area contributed by atoms with Crippen LogP contribution in [-0.4, -0.2) is 19.9 Å². The highest BCUT2D eigenvalue weighted by molar-refractivity contribution is 5.72. The molecule has 5 nitrogen and oxygen atoms in total. The summed E-state index contributed by atoms with van der Waals surface area (Å²) < 4.78 is 0. The van der Waals surface area contributed by atoms with Crippen LogP contribution in [0.15, 0.2) is 12.7 Å². The molecule has 0 spiro atoms. The molecule has 58 valence electrons. The van der Waals surface area contributed by atoms with Gasteiger partial charge < -0.3 is 4.98 Å². The van der Waals surface area contributed by atoms with E-state index in [0.29, 0.717) is 11.3 Å². The normalized spacial score (nSPS) is 9.92. The smallest absolute Gasteiger partial charge is 0.180 e. The lowest BCUT2D eigenvalue weighted by atomic mass is 10.3. The Morgan fingerprint density at radius 3 is 3.17 bits per heavy atom. The van der Waals surface area contributed by atoms with Crippen LogP contribution in [0.3, 0.4) is 0 Å². The first-order valence-corrected chi connectivity index (χ1v) is 3.41. The molecule has 0 unspecified atom stereocenters. The third kappa shape index (κ3) is 0.900. The maximum Gasteiger partial charge on any atom is 0.180 e. The van der Waals surface area contributed by atoms with Crippen LogP contribution in [0.25, 0.3) is 11.2 Å². The van der Waals surface area contributed by atoms with E-state index in [1.807, 2.05) is 6.07 Å². The van der Waals surface area contributed by atoms with Crippen LogP contribution >= 0.6 is 0 Å². The monoisotopic (exact) mass is 159 g/mol. The Kier molecular flexibility index (Phi) is 1.45. The minimum Gasteiger partial charge on any atom is -0.342 e. The largest absolute Gasteiger partial charge is 0.342 e. The second kappa shape index (κ2) is 2.58. The van der Waals surface area contributed by atoms with Crippen LogP contribution < -0.4 is 0 Å². The number of rotatable bonds is 1. The summed E-state index contributed by atoms with van der Waals surface area (Å²) in [6.07, 6.45) is 3.23. The summed E-state index contributed by atoms with van der Waals surface area (Å²) in [5, 5.41) is 8.47. The maximum absolute atomic E-state index is 8.47. The molecule has 12 heavy (non-hydrogen) atoms. The van der Waals surface area contributed by atoms with Gasteiger partial charge in [0.05, 0.1) is 24.5 Å². The van der Waals surface area contributed by atoms with Gasteiger partial charge in [-0.3, -0.25) is 0 Å². The minimum atomic E-state index is 0.279. The number of nitrogens with zero attached hydrogens (tertiary/aromatic N) is 4. The first-order chi connectivity index (χ1) is 5.92. The van der Waals surface area contributed by atoms with E-state index in [2.05, 4.69) is 19.9 Å². The molecular weight excluding hydrogens is 154 g/mol. The molecule has 2 heterocycles. The van der Waals surface area contributed by atoms with Gasteiger partial charge in [-0.25, -0.2) is 15.0 Å². The lowest BCUT2D eigenvalue weighted by molar-refractivity contribution is 1.08. The predicted molar refractivity (Wildman–Crippen MR) is 41.0 cm³/mol. The lowest BCUT2D eigenvalue weighted by Gasteiger charge is -1.92. The lowest BCUT2D eigenvalue weighted by Crippen LogP contribution is -1.91. The third-order valence-electron chi connectivity index (χ3n) is 1.55. The fraction of sp³-hybridized carbons (Fsp3) is 0.143. The third-order valence-corrected chi connectivity index (χ3v) is 1.55. The van der Waals surface area contributed by atoms with Crippen molar-refractivity contribution in [1.82, 2.24) is 19.9 Å². The van der Waals surface area contributed by atoms with Crippen LogP contribution in [0, 0.1) is 11.3 Å². The van der Waals surface area contributed by atoms with Crippen molar-refractivity contribution in [2.24, 2.45) is 0 Å². The number of nitrogens with one attached hydrogen (secondary N) is 1. The van der Waals surface area contributed by atoms with E-state index in [1.54, 1.807) is 6.33 Å². The van der Waals surface area contributed by atoms with Gasteiger partial charge in [-0.1, -0.05) is 0 Å². The molecule has 2 rings (SSSR count). The number of fused-ring (bicyclic) bond motifs is 1. The molecule has 0 fully saturated rings. The summed E-state index contributed by atoms with van der Waals surface area (Å²) in [5.74, 6) is 0. The average molecular weight is 159 g/mol. The van der Waals surface area contributed by atoms with Crippen molar-refractivity contribution < 1.29 is 0 Å². The van der Waals surface area contributed by atoms with Crippen molar-refractivity contribution >= 4 is 11.2 Å². The van der Waals surface area contributed by atoms with Gasteiger partial charge in [0, 0.05) is 0 Å². The molecule has 0 aromatic carbocycles. The van der Waals surface area contributed by atoms with Crippen LogP contribution in [0.2, 0.25) is 0 Å². The number of nitriles is 1. The Morgan fingerprint density at radius 2 is 2.33 bits per heavy atom. The number of hydrogen-bond acceptors (Lipinski definition) is 4. The molecule has 2 aromatic heterocycles. The molecule has 5 heteroatoms. The van der Waals surface area contributed by atoms with Crippen molar-refractivity contribution in [3.05, 3.63) is 18.3 Å².